The Labute approximate surface area is 213 Å². The maximum Gasteiger partial charge on any atom is 0.264 e. The molecule has 0 aliphatic rings. The fourth-order valence-corrected chi connectivity index (χ4v) is 5.65. The van der Waals surface area contributed by atoms with E-state index in [0.717, 1.165) is 11.1 Å². The number of nitrogens with zero attached hydrogens (tertiary/aromatic N) is 1. The van der Waals surface area contributed by atoms with Crippen molar-refractivity contribution in [1.82, 2.24) is 4.31 Å². The Hall–Kier alpha value is -3.96. The molecule has 0 spiro atoms. The van der Waals surface area contributed by atoms with Gasteiger partial charge in [-0.05, 0) is 30.2 Å². The Kier molecular flexibility index (Phi) is 7.81. The van der Waals surface area contributed by atoms with Crippen LogP contribution in [0.2, 0.25) is 0 Å². The van der Waals surface area contributed by atoms with E-state index in [1.54, 1.807) is 36.4 Å². The topological polar surface area (TPSA) is 54.5 Å². The summed E-state index contributed by atoms with van der Waals surface area (Å²) in [7, 11) is -3.95. The lowest BCUT2D eigenvalue weighted by atomic mass is 9.91. The van der Waals surface area contributed by atoms with Crippen LogP contribution in [-0.4, -0.2) is 25.1 Å². The number of carbonyl (C=O) groups excluding carboxylic acids is 1. The quantitative estimate of drug-likeness (QED) is 0.230. The predicted molar refractivity (Wildman–Crippen MR) is 145 cm³/mol. The second-order valence-corrected chi connectivity index (χ2v) is 10.6. The third kappa shape index (κ3) is 5.81. The summed E-state index contributed by atoms with van der Waals surface area (Å²) < 4.78 is 29.3. The monoisotopic (exact) mass is 495 g/mol. The third-order valence-electron chi connectivity index (χ3n) is 6.20. The van der Waals surface area contributed by atoms with Gasteiger partial charge in [0.25, 0.3) is 10.0 Å². The van der Waals surface area contributed by atoms with Crippen LogP contribution in [0.25, 0.3) is 5.70 Å². The molecule has 0 saturated heterocycles. The minimum atomic E-state index is -3.95. The molecule has 0 aromatic heterocycles. The summed E-state index contributed by atoms with van der Waals surface area (Å²) in [5, 5.41) is 0. The molecule has 4 rings (SSSR count). The second-order valence-electron chi connectivity index (χ2n) is 8.76. The molecule has 1 atom stereocenters. The number of hydrogen-bond acceptors (Lipinski definition) is 3. The van der Waals surface area contributed by atoms with Crippen LogP contribution in [0.1, 0.15) is 39.4 Å². The van der Waals surface area contributed by atoms with Gasteiger partial charge in [-0.1, -0.05) is 115 Å². The van der Waals surface area contributed by atoms with E-state index in [-0.39, 0.29) is 29.6 Å². The van der Waals surface area contributed by atoms with Gasteiger partial charge in [-0.15, -0.1) is 0 Å². The van der Waals surface area contributed by atoms with Gasteiger partial charge in [-0.3, -0.25) is 9.10 Å². The van der Waals surface area contributed by atoms with Crippen molar-refractivity contribution in [3.05, 3.63) is 144 Å². The number of carbonyl (C=O) groups is 1. The van der Waals surface area contributed by atoms with Gasteiger partial charge >= 0.3 is 0 Å². The largest absolute Gasteiger partial charge is 0.294 e. The summed E-state index contributed by atoms with van der Waals surface area (Å²) >= 11 is 0. The van der Waals surface area contributed by atoms with Crippen LogP contribution in [0.3, 0.4) is 0 Å². The van der Waals surface area contributed by atoms with Crippen molar-refractivity contribution in [2.24, 2.45) is 0 Å². The second kappa shape index (κ2) is 11.2. The zero-order chi connectivity index (χ0) is 25.5. The molecule has 0 aliphatic heterocycles. The van der Waals surface area contributed by atoms with E-state index in [0.29, 0.717) is 16.8 Å². The van der Waals surface area contributed by atoms with Gasteiger partial charge in [0.1, 0.15) is 0 Å². The third-order valence-corrected chi connectivity index (χ3v) is 8.02. The van der Waals surface area contributed by atoms with E-state index in [2.05, 4.69) is 6.58 Å². The first-order valence-corrected chi connectivity index (χ1v) is 13.3. The van der Waals surface area contributed by atoms with Gasteiger partial charge in [0.2, 0.25) is 0 Å². The molecule has 5 heteroatoms. The lowest BCUT2D eigenvalue weighted by molar-refractivity contribution is 0.0971. The highest BCUT2D eigenvalue weighted by molar-refractivity contribution is 7.89. The smallest absolute Gasteiger partial charge is 0.264 e. The molecule has 36 heavy (non-hydrogen) atoms. The molecule has 0 radical (unpaired) electrons. The SMILES string of the molecule is C=C(c1ccccc1)N(CC(CC(=O)c1ccccc1)c1ccccc1)S(=O)(=O)c1ccc(C)cc1. The number of ketones is 1. The van der Waals surface area contributed by atoms with E-state index < -0.39 is 10.0 Å². The zero-order valence-corrected chi connectivity index (χ0v) is 21.1. The van der Waals surface area contributed by atoms with Crippen LogP contribution < -0.4 is 0 Å². The van der Waals surface area contributed by atoms with E-state index >= 15 is 0 Å². The molecule has 4 aromatic rings. The summed E-state index contributed by atoms with van der Waals surface area (Å²) in [4.78, 5) is 13.4. The number of Topliss-reactive ketones (excluding diaryl/α,β-unsaturated/α-hetero) is 1. The number of hydrogen-bond donors (Lipinski definition) is 0. The first-order valence-electron chi connectivity index (χ1n) is 11.8. The molecule has 0 bridgehead atoms. The van der Waals surface area contributed by atoms with Crippen molar-refractivity contribution in [3.8, 4) is 0 Å². The highest BCUT2D eigenvalue weighted by Crippen LogP contribution is 2.31. The molecule has 0 fully saturated rings. The van der Waals surface area contributed by atoms with Gasteiger partial charge in [0.05, 0.1) is 10.6 Å². The summed E-state index contributed by atoms with van der Waals surface area (Å²) in [5.74, 6) is -0.415. The van der Waals surface area contributed by atoms with Gasteiger partial charge in [0.15, 0.2) is 5.78 Å². The van der Waals surface area contributed by atoms with Crippen LogP contribution in [-0.2, 0) is 10.0 Å². The Morgan fingerprint density at radius 3 is 1.81 bits per heavy atom. The van der Waals surface area contributed by atoms with E-state index in [1.165, 1.54) is 4.31 Å². The van der Waals surface area contributed by atoms with Crippen molar-refractivity contribution in [2.75, 3.05) is 6.54 Å². The molecular formula is C31H29NO3S. The lowest BCUT2D eigenvalue weighted by Gasteiger charge is -2.30. The molecule has 182 valence electrons. The zero-order valence-electron chi connectivity index (χ0n) is 20.2. The molecule has 0 amide bonds. The van der Waals surface area contributed by atoms with Gasteiger partial charge in [0, 0.05) is 24.4 Å². The van der Waals surface area contributed by atoms with Crippen molar-refractivity contribution >= 4 is 21.5 Å². The summed E-state index contributed by atoms with van der Waals surface area (Å²) in [5.41, 5.74) is 3.54. The van der Waals surface area contributed by atoms with E-state index in [4.69, 9.17) is 0 Å². The average molecular weight is 496 g/mol. The minimum Gasteiger partial charge on any atom is -0.294 e. The highest BCUT2D eigenvalue weighted by atomic mass is 32.2. The maximum absolute atomic E-state index is 14.0. The minimum absolute atomic E-state index is 0.0394. The number of benzene rings is 4. The fourth-order valence-electron chi connectivity index (χ4n) is 4.14. The van der Waals surface area contributed by atoms with Gasteiger partial charge < -0.3 is 0 Å². The van der Waals surface area contributed by atoms with Crippen LogP contribution in [0.5, 0.6) is 0 Å². The Bertz CT molecular complexity index is 1420. The van der Waals surface area contributed by atoms with Crippen LogP contribution in [0.15, 0.2) is 127 Å². The first kappa shape index (κ1) is 25.1. The molecule has 0 aliphatic carbocycles. The van der Waals surface area contributed by atoms with Crippen LogP contribution in [0.4, 0.5) is 0 Å². The first-order chi connectivity index (χ1) is 17.4. The van der Waals surface area contributed by atoms with E-state index in [1.807, 2.05) is 85.8 Å². The normalized spacial score (nSPS) is 12.0. The highest BCUT2D eigenvalue weighted by Gasteiger charge is 2.30. The standard InChI is InChI=1S/C31H29NO3S/c1-24-18-20-30(21-19-24)36(34,35)32(25(2)26-12-6-3-7-13-26)23-29(27-14-8-4-9-15-27)22-31(33)28-16-10-5-11-17-28/h3-21,29H,2,22-23H2,1H3. The van der Waals surface area contributed by atoms with Crippen LogP contribution >= 0.6 is 0 Å². The molecule has 0 heterocycles. The van der Waals surface area contributed by atoms with Gasteiger partial charge in [-0.2, -0.15) is 0 Å². The fraction of sp³-hybridized carbons (Fsp3) is 0.129. The van der Waals surface area contributed by atoms with E-state index in [9.17, 15) is 13.2 Å². The average Bonchev–Trinajstić information content (AvgIpc) is 2.92. The molecule has 4 aromatic carbocycles. The summed E-state index contributed by atoms with van der Waals surface area (Å²) in [6.45, 7) is 6.17. The summed E-state index contributed by atoms with van der Waals surface area (Å²) in [6, 6.07) is 34.7. The molecule has 4 nitrogen and oxygen atoms in total. The van der Waals surface area contributed by atoms with Crippen molar-refractivity contribution in [3.63, 3.8) is 0 Å². The molecule has 1 unspecified atom stereocenters. The Morgan fingerprint density at radius 1 is 0.750 bits per heavy atom. The number of aryl methyl sites for hydroxylation is 1. The molecular weight excluding hydrogens is 466 g/mol. The van der Waals surface area contributed by atoms with Gasteiger partial charge in [-0.25, -0.2) is 8.42 Å². The maximum atomic E-state index is 14.0. The molecule has 0 saturated carbocycles. The Balaban J connectivity index is 1.76. The van der Waals surface area contributed by atoms with Crippen molar-refractivity contribution in [2.45, 2.75) is 24.2 Å². The summed E-state index contributed by atoms with van der Waals surface area (Å²) in [6.07, 6.45) is 0.163. The number of rotatable bonds is 10. The van der Waals surface area contributed by atoms with Crippen LogP contribution in [0, 0.1) is 6.92 Å². The number of sulfonamides is 1. The molecule has 0 N–H and O–H groups in total. The Morgan fingerprint density at radius 2 is 1.25 bits per heavy atom. The predicted octanol–water partition coefficient (Wildman–Crippen LogP) is 6.71. The lowest BCUT2D eigenvalue weighted by Crippen LogP contribution is -2.34. The van der Waals surface area contributed by atoms with Crippen molar-refractivity contribution < 1.29 is 13.2 Å². The van der Waals surface area contributed by atoms with Crippen molar-refractivity contribution in [1.29, 1.82) is 0 Å².